The lowest BCUT2D eigenvalue weighted by atomic mass is 10.1. The summed E-state index contributed by atoms with van der Waals surface area (Å²) in [5, 5.41) is 10.2. The van der Waals surface area contributed by atoms with Crippen molar-refractivity contribution in [1.29, 1.82) is 0 Å². The van der Waals surface area contributed by atoms with E-state index in [1.807, 2.05) is 0 Å². The van der Waals surface area contributed by atoms with Crippen LogP contribution in [-0.4, -0.2) is 42.3 Å². The summed E-state index contributed by atoms with van der Waals surface area (Å²) < 4.78 is 10.2. The Morgan fingerprint density at radius 2 is 2.16 bits per heavy atom. The molecular weight excluding hydrogens is 370 g/mol. The van der Waals surface area contributed by atoms with Gasteiger partial charge >= 0.3 is 0 Å². The summed E-state index contributed by atoms with van der Waals surface area (Å²) in [5.74, 6) is -1.60. The molecule has 7 nitrogen and oxygen atoms in total. The summed E-state index contributed by atoms with van der Waals surface area (Å²) in [6, 6.07) is 2.98. The van der Waals surface area contributed by atoms with Gasteiger partial charge in [-0.1, -0.05) is 17.7 Å². The third kappa shape index (κ3) is 4.34. The summed E-state index contributed by atoms with van der Waals surface area (Å²) in [5.41, 5.74) is 0.492. The number of hydrogen-bond acceptors (Lipinski definition) is 7. The van der Waals surface area contributed by atoms with E-state index in [0.717, 1.165) is 16.7 Å². The Morgan fingerprint density at radius 1 is 1.44 bits per heavy atom. The Balaban J connectivity index is 2.33. The predicted octanol–water partition coefficient (Wildman–Crippen LogP) is 1.70. The fraction of sp³-hybridized carbons (Fsp3) is 0.188. The third-order valence-electron chi connectivity index (χ3n) is 3.07. The molecule has 1 aromatic rings. The van der Waals surface area contributed by atoms with Crippen LogP contribution in [0, 0.1) is 0 Å². The van der Waals surface area contributed by atoms with Gasteiger partial charge in [-0.25, -0.2) is 0 Å². The Hall–Kier alpha value is -2.45. The number of amides is 2. The quantitative estimate of drug-likeness (QED) is 0.523. The van der Waals surface area contributed by atoms with Crippen molar-refractivity contribution in [1.82, 2.24) is 4.90 Å². The Labute approximate surface area is 152 Å². The molecule has 2 rings (SSSR count). The van der Waals surface area contributed by atoms with E-state index in [1.165, 1.54) is 31.4 Å². The van der Waals surface area contributed by atoms with Crippen LogP contribution in [0.15, 0.2) is 29.7 Å². The Bertz CT molecular complexity index is 776. The number of nitrogens with zero attached hydrogens (tertiary/aromatic N) is 1. The number of carboxylic acids is 1. The first-order valence-corrected chi connectivity index (χ1v) is 8.13. The van der Waals surface area contributed by atoms with Crippen LogP contribution in [0.2, 0.25) is 5.02 Å². The fourth-order valence-electron chi connectivity index (χ4n) is 2.03. The molecule has 0 aliphatic carbocycles. The number of benzene rings is 1. The first-order valence-electron chi connectivity index (χ1n) is 6.93. The number of ether oxygens (including phenoxy) is 2. The molecule has 1 aromatic carbocycles. The molecule has 1 aliphatic heterocycles. The van der Waals surface area contributed by atoms with Crippen molar-refractivity contribution in [3.8, 4) is 11.5 Å². The minimum atomic E-state index is -1.40. The van der Waals surface area contributed by atoms with Crippen LogP contribution >= 0.6 is 23.4 Å². The molecule has 9 heteroatoms. The second kappa shape index (κ2) is 8.09. The van der Waals surface area contributed by atoms with Crippen molar-refractivity contribution in [3.63, 3.8) is 0 Å². The Morgan fingerprint density at radius 3 is 2.76 bits per heavy atom. The van der Waals surface area contributed by atoms with Crippen molar-refractivity contribution in [3.05, 3.63) is 40.3 Å². The second-order valence-electron chi connectivity index (χ2n) is 4.78. The van der Waals surface area contributed by atoms with Gasteiger partial charge in [-0.05, 0) is 35.5 Å². The van der Waals surface area contributed by atoms with E-state index in [9.17, 15) is 19.5 Å². The molecular formula is C16H13ClNO6S-. The van der Waals surface area contributed by atoms with Crippen LogP contribution in [0.4, 0.5) is 4.79 Å². The smallest absolute Gasteiger partial charge is 0.293 e. The van der Waals surface area contributed by atoms with E-state index >= 15 is 0 Å². The van der Waals surface area contributed by atoms with Gasteiger partial charge in [0.1, 0.15) is 6.61 Å². The minimum absolute atomic E-state index is 0.0466. The number of methoxy groups -OCH3 is 1. The average Bonchev–Trinajstić information content (AvgIpc) is 2.81. The monoisotopic (exact) mass is 382 g/mol. The molecule has 0 aromatic heterocycles. The zero-order valence-electron chi connectivity index (χ0n) is 13.1. The van der Waals surface area contributed by atoms with Crippen LogP contribution < -0.4 is 14.6 Å². The van der Waals surface area contributed by atoms with Crippen molar-refractivity contribution in [2.45, 2.75) is 0 Å². The summed E-state index contributed by atoms with van der Waals surface area (Å²) in [6.45, 7) is 2.95. The number of carbonyl (C=O) groups is 3. The molecule has 0 spiro atoms. The molecule has 0 unspecified atom stereocenters. The zero-order valence-corrected chi connectivity index (χ0v) is 14.7. The largest absolute Gasteiger partial charge is 0.546 e. The molecule has 1 heterocycles. The normalized spacial score (nSPS) is 15.6. The number of imide groups is 1. The maximum Gasteiger partial charge on any atom is 0.293 e. The van der Waals surface area contributed by atoms with E-state index in [2.05, 4.69) is 6.58 Å². The molecule has 2 amide bonds. The van der Waals surface area contributed by atoms with Crippen LogP contribution in [0.3, 0.4) is 0 Å². The van der Waals surface area contributed by atoms with E-state index in [0.29, 0.717) is 5.56 Å². The van der Waals surface area contributed by atoms with Gasteiger partial charge in [0.05, 0.1) is 23.0 Å². The first kappa shape index (κ1) is 18.9. The van der Waals surface area contributed by atoms with Crippen molar-refractivity contribution < 1.29 is 29.0 Å². The van der Waals surface area contributed by atoms with Crippen molar-refractivity contribution in [2.75, 3.05) is 20.3 Å². The van der Waals surface area contributed by atoms with Gasteiger partial charge in [0.2, 0.25) is 0 Å². The second-order valence-corrected chi connectivity index (χ2v) is 6.18. The highest BCUT2D eigenvalue weighted by Gasteiger charge is 2.34. The number of aliphatic carboxylic acids is 1. The number of carbonyl (C=O) groups excluding carboxylic acids is 3. The predicted molar refractivity (Wildman–Crippen MR) is 91.4 cm³/mol. The molecule has 0 atom stereocenters. The SMILES string of the molecule is C=CCN1C(=O)S/C(=C/c2cc(Cl)c(OCC(=O)[O-])c(OC)c2)C1=O. The zero-order chi connectivity index (χ0) is 18.6. The van der Waals surface area contributed by atoms with Crippen LogP contribution in [0.1, 0.15) is 5.56 Å². The summed E-state index contributed by atoms with van der Waals surface area (Å²) in [6.07, 6.45) is 2.95. The number of hydrogen-bond donors (Lipinski definition) is 0. The standard InChI is InChI=1S/C16H14ClNO6S/c1-3-4-18-15(21)12(25-16(18)22)7-9-5-10(17)14(11(6-9)23-2)24-8-13(19)20/h3,5-7H,1,4,8H2,2H3,(H,19,20)/p-1/b12-7+. The van der Waals surface area contributed by atoms with E-state index in [-0.39, 0.29) is 33.2 Å². The van der Waals surface area contributed by atoms with Crippen molar-refractivity contribution >= 4 is 46.6 Å². The Kier molecular flexibility index (Phi) is 6.11. The molecule has 0 bridgehead atoms. The van der Waals surface area contributed by atoms with Gasteiger partial charge < -0.3 is 19.4 Å². The lowest BCUT2D eigenvalue weighted by Crippen LogP contribution is -2.29. The number of carboxylic acid groups (broad SMARTS) is 1. The van der Waals surface area contributed by atoms with E-state index in [1.54, 1.807) is 0 Å². The van der Waals surface area contributed by atoms with E-state index in [4.69, 9.17) is 21.1 Å². The fourth-order valence-corrected chi connectivity index (χ4v) is 3.15. The highest BCUT2D eigenvalue weighted by Crippen LogP contribution is 2.38. The average molecular weight is 383 g/mol. The summed E-state index contributed by atoms with van der Waals surface area (Å²) in [4.78, 5) is 35.8. The molecule has 132 valence electrons. The third-order valence-corrected chi connectivity index (χ3v) is 4.26. The van der Waals surface area contributed by atoms with Gasteiger partial charge in [-0.15, -0.1) is 6.58 Å². The first-order chi connectivity index (χ1) is 11.9. The minimum Gasteiger partial charge on any atom is -0.546 e. The molecule has 0 radical (unpaired) electrons. The highest BCUT2D eigenvalue weighted by molar-refractivity contribution is 8.18. The topological polar surface area (TPSA) is 96.0 Å². The van der Waals surface area contributed by atoms with Gasteiger partial charge in [-0.3, -0.25) is 14.5 Å². The van der Waals surface area contributed by atoms with Crippen LogP contribution in [-0.2, 0) is 9.59 Å². The molecule has 1 fully saturated rings. The number of thioether (sulfide) groups is 1. The lowest BCUT2D eigenvalue weighted by Gasteiger charge is -2.13. The molecule has 0 saturated carbocycles. The van der Waals surface area contributed by atoms with Crippen LogP contribution in [0.25, 0.3) is 6.08 Å². The maximum absolute atomic E-state index is 12.2. The van der Waals surface area contributed by atoms with Gasteiger partial charge in [-0.2, -0.15) is 0 Å². The van der Waals surface area contributed by atoms with E-state index < -0.39 is 18.5 Å². The van der Waals surface area contributed by atoms with Gasteiger partial charge in [0.25, 0.3) is 11.1 Å². The highest BCUT2D eigenvalue weighted by atomic mass is 35.5. The lowest BCUT2D eigenvalue weighted by molar-refractivity contribution is -0.307. The molecule has 25 heavy (non-hydrogen) atoms. The number of halogens is 1. The maximum atomic E-state index is 12.2. The molecule has 0 N–H and O–H groups in total. The van der Waals surface area contributed by atoms with Crippen LogP contribution in [0.5, 0.6) is 11.5 Å². The van der Waals surface area contributed by atoms with Gasteiger partial charge in [0.15, 0.2) is 11.5 Å². The summed E-state index contributed by atoms with van der Waals surface area (Å²) >= 11 is 6.90. The van der Waals surface area contributed by atoms with Crippen molar-refractivity contribution in [2.24, 2.45) is 0 Å². The van der Waals surface area contributed by atoms with Gasteiger partial charge in [0, 0.05) is 6.54 Å². The summed E-state index contributed by atoms with van der Waals surface area (Å²) in [7, 11) is 1.36. The molecule has 1 aliphatic rings. The number of rotatable bonds is 7. The molecule has 1 saturated heterocycles.